The Kier molecular flexibility index (Phi) is 9.45. The molecule has 1 aliphatic heterocycles. The zero-order chi connectivity index (χ0) is 23.7. The lowest BCUT2D eigenvalue weighted by molar-refractivity contribution is -0.159. The predicted molar refractivity (Wildman–Crippen MR) is 118 cm³/mol. The molecule has 1 aliphatic rings. The first kappa shape index (κ1) is 25.6. The number of halogens is 1. The number of ether oxygens (including phenoxy) is 1. The number of carboxylic acid groups (broad SMARTS) is 2. The maximum absolute atomic E-state index is 12.7. The van der Waals surface area contributed by atoms with Crippen LogP contribution in [0.4, 0.5) is 0 Å². The van der Waals surface area contributed by atoms with Crippen LogP contribution in [0.2, 0.25) is 5.02 Å². The van der Waals surface area contributed by atoms with Gasteiger partial charge in [0.2, 0.25) is 10.0 Å². The smallest absolute Gasteiger partial charge is 0.414 e. The highest BCUT2D eigenvalue weighted by Gasteiger charge is 2.28. The minimum Gasteiger partial charge on any atom is -0.494 e. The first-order valence-electron chi connectivity index (χ1n) is 9.80. The van der Waals surface area contributed by atoms with Crippen molar-refractivity contribution in [3.63, 3.8) is 0 Å². The number of nitrogens with zero attached hydrogens (tertiary/aromatic N) is 2. The molecule has 1 fully saturated rings. The summed E-state index contributed by atoms with van der Waals surface area (Å²) >= 11 is 5.85. The first-order valence-corrected chi connectivity index (χ1v) is 11.6. The number of hydrogen-bond acceptors (Lipinski definition) is 6. The normalized spacial score (nSPS) is 14.8. The number of carboxylic acids is 2. The number of carbonyl (C=O) groups is 2. The van der Waals surface area contributed by atoms with Crippen molar-refractivity contribution in [2.75, 3.05) is 32.8 Å². The van der Waals surface area contributed by atoms with Crippen molar-refractivity contribution in [3.8, 4) is 5.75 Å². The van der Waals surface area contributed by atoms with Gasteiger partial charge in [0.05, 0.1) is 11.5 Å². The van der Waals surface area contributed by atoms with Gasteiger partial charge in [0, 0.05) is 43.3 Å². The molecule has 0 bridgehead atoms. The Balaban J connectivity index is 0.000000534. The highest BCUT2D eigenvalue weighted by molar-refractivity contribution is 7.89. The Bertz CT molecular complexity index is 1010. The van der Waals surface area contributed by atoms with Crippen molar-refractivity contribution in [1.29, 1.82) is 0 Å². The fourth-order valence-electron chi connectivity index (χ4n) is 3.06. The summed E-state index contributed by atoms with van der Waals surface area (Å²) in [6.07, 6.45) is 0. The van der Waals surface area contributed by atoms with Crippen LogP contribution in [0.3, 0.4) is 0 Å². The quantitative estimate of drug-likeness (QED) is 0.599. The topological polar surface area (TPSA) is 124 Å². The Hall–Kier alpha value is -2.66. The molecule has 11 heteroatoms. The Labute approximate surface area is 191 Å². The van der Waals surface area contributed by atoms with E-state index in [1.165, 1.54) is 0 Å². The summed E-state index contributed by atoms with van der Waals surface area (Å²) in [5.41, 5.74) is 1.13. The van der Waals surface area contributed by atoms with Crippen molar-refractivity contribution in [3.05, 3.63) is 59.1 Å². The highest BCUT2D eigenvalue weighted by atomic mass is 35.5. The third-order valence-electron chi connectivity index (χ3n) is 4.63. The lowest BCUT2D eigenvalue weighted by Crippen LogP contribution is -2.48. The molecule has 2 aromatic rings. The molecule has 0 atom stereocenters. The molecule has 1 saturated heterocycles. The Morgan fingerprint density at radius 1 is 0.969 bits per heavy atom. The van der Waals surface area contributed by atoms with E-state index in [2.05, 4.69) is 11.0 Å². The maximum Gasteiger partial charge on any atom is 0.414 e. The lowest BCUT2D eigenvalue weighted by atomic mass is 10.2. The van der Waals surface area contributed by atoms with Crippen molar-refractivity contribution in [2.45, 2.75) is 18.4 Å². The molecule has 1 heterocycles. The van der Waals surface area contributed by atoms with Gasteiger partial charge in [-0.25, -0.2) is 18.0 Å². The van der Waals surface area contributed by atoms with Crippen LogP contribution >= 0.6 is 11.6 Å². The van der Waals surface area contributed by atoms with Gasteiger partial charge in [-0.1, -0.05) is 29.8 Å². The molecule has 0 unspecified atom stereocenters. The fraction of sp³-hybridized carbons (Fsp3) is 0.333. The number of para-hydroxylation sites is 1. The van der Waals surface area contributed by atoms with Gasteiger partial charge in [0.15, 0.2) is 0 Å². The molecule has 32 heavy (non-hydrogen) atoms. The van der Waals surface area contributed by atoms with E-state index >= 15 is 0 Å². The van der Waals surface area contributed by atoms with Crippen LogP contribution in [-0.4, -0.2) is 72.6 Å². The molecule has 174 valence electrons. The van der Waals surface area contributed by atoms with E-state index in [1.54, 1.807) is 28.6 Å². The third-order valence-corrected chi connectivity index (χ3v) is 6.80. The second-order valence-electron chi connectivity index (χ2n) is 6.79. The molecular weight excluding hydrogens is 460 g/mol. The monoisotopic (exact) mass is 484 g/mol. The van der Waals surface area contributed by atoms with Gasteiger partial charge in [-0.15, -0.1) is 0 Å². The van der Waals surface area contributed by atoms with E-state index < -0.39 is 22.0 Å². The molecule has 0 aromatic heterocycles. The molecule has 0 radical (unpaired) electrons. The van der Waals surface area contributed by atoms with E-state index in [1.807, 2.05) is 25.1 Å². The average Bonchev–Trinajstić information content (AvgIpc) is 2.76. The van der Waals surface area contributed by atoms with Crippen LogP contribution in [-0.2, 0) is 26.2 Å². The summed E-state index contributed by atoms with van der Waals surface area (Å²) in [7, 11) is -3.47. The largest absolute Gasteiger partial charge is 0.494 e. The van der Waals surface area contributed by atoms with Crippen LogP contribution in [0.25, 0.3) is 0 Å². The van der Waals surface area contributed by atoms with Crippen LogP contribution in [0.5, 0.6) is 5.75 Å². The minimum atomic E-state index is -3.47. The molecule has 0 spiro atoms. The third kappa shape index (κ3) is 7.20. The van der Waals surface area contributed by atoms with Gasteiger partial charge in [-0.2, -0.15) is 4.31 Å². The van der Waals surface area contributed by atoms with Crippen LogP contribution in [0.15, 0.2) is 53.4 Å². The van der Waals surface area contributed by atoms with E-state index in [0.717, 1.165) is 17.9 Å². The van der Waals surface area contributed by atoms with Gasteiger partial charge in [0.1, 0.15) is 5.75 Å². The SMILES string of the molecule is CCOc1ccccc1CN1CCN(S(=O)(=O)c2ccc(Cl)cc2)CC1.O=C(O)C(=O)O. The second kappa shape index (κ2) is 11.8. The molecule has 2 aromatic carbocycles. The highest BCUT2D eigenvalue weighted by Crippen LogP contribution is 2.23. The van der Waals surface area contributed by atoms with Gasteiger partial charge < -0.3 is 14.9 Å². The van der Waals surface area contributed by atoms with Gasteiger partial charge >= 0.3 is 11.9 Å². The summed E-state index contributed by atoms with van der Waals surface area (Å²) in [6, 6.07) is 14.3. The van der Waals surface area contributed by atoms with Crippen molar-refractivity contribution in [2.24, 2.45) is 0 Å². The molecule has 0 amide bonds. The Morgan fingerprint density at radius 2 is 1.53 bits per heavy atom. The van der Waals surface area contributed by atoms with Gasteiger partial charge in [0.25, 0.3) is 0 Å². The first-order chi connectivity index (χ1) is 15.1. The summed E-state index contributed by atoms with van der Waals surface area (Å²) in [5.74, 6) is -2.75. The van der Waals surface area contributed by atoms with E-state index in [-0.39, 0.29) is 4.90 Å². The minimum absolute atomic E-state index is 0.289. The number of rotatable bonds is 6. The van der Waals surface area contributed by atoms with E-state index in [9.17, 15) is 8.42 Å². The fourth-order valence-corrected chi connectivity index (χ4v) is 4.60. The zero-order valence-corrected chi connectivity index (χ0v) is 19.1. The molecule has 3 rings (SSSR count). The average molecular weight is 485 g/mol. The summed E-state index contributed by atoms with van der Waals surface area (Å²) in [5, 5.41) is 15.3. The summed E-state index contributed by atoms with van der Waals surface area (Å²) < 4.78 is 32.7. The lowest BCUT2D eigenvalue weighted by Gasteiger charge is -2.34. The van der Waals surface area contributed by atoms with Crippen LogP contribution in [0, 0.1) is 0 Å². The van der Waals surface area contributed by atoms with Crippen molar-refractivity contribution < 1.29 is 33.0 Å². The maximum atomic E-state index is 12.7. The van der Waals surface area contributed by atoms with E-state index in [4.69, 9.17) is 36.1 Å². The standard InChI is InChI=1S/C19H23ClN2O3S.C2H2O4/c1-2-25-19-6-4-3-5-16(19)15-21-11-13-22(14-12-21)26(23,24)18-9-7-17(20)8-10-18;3-1(4)2(5)6/h3-10H,2,11-15H2,1H3;(H,3,4)(H,5,6). The predicted octanol–water partition coefficient (Wildman–Crippen LogP) is 2.40. The molecular formula is C21H25ClN2O7S. The van der Waals surface area contributed by atoms with Gasteiger partial charge in [-0.05, 0) is 37.3 Å². The molecule has 0 saturated carbocycles. The van der Waals surface area contributed by atoms with Gasteiger partial charge in [-0.3, -0.25) is 4.90 Å². The van der Waals surface area contributed by atoms with E-state index in [0.29, 0.717) is 37.8 Å². The van der Waals surface area contributed by atoms with Crippen LogP contribution in [0.1, 0.15) is 12.5 Å². The number of aliphatic carboxylic acids is 2. The number of benzene rings is 2. The van der Waals surface area contributed by atoms with Crippen LogP contribution < -0.4 is 4.74 Å². The summed E-state index contributed by atoms with van der Waals surface area (Å²) in [6.45, 7) is 5.68. The second-order valence-corrected chi connectivity index (χ2v) is 9.16. The van der Waals surface area contributed by atoms with Crippen molar-refractivity contribution >= 4 is 33.6 Å². The zero-order valence-electron chi connectivity index (χ0n) is 17.5. The van der Waals surface area contributed by atoms with Crippen molar-refractivity contribution in [1.82, 2.24) is 9.21 Å². The number of piperazine rings is 1. The molecule has 0 aliphatic carbocycles. The Morgan fingerprint density at radius 3 is 2.06 bits per heavy atom. The number of sulfonamides is 1. The molecule has 9 nitrogen and oxygen atoms in total. The number of hydrogen-bond donors (Lipinski definition) is 2. The summed E-state index contributed by atoms with van der Waals surface area (Å²) in [4.78, 5) is 20.7. The molecule has 2 N–H and O–H groups in total.